The summed E-state index contributed by atoms with van der Waals surface area (Å²) >= 11 is 0. The van der Waals surface area contributed by atoms with Crippen molar-refractivity contribution in [2.75, 3.05) is 14.1 Å². The Morgan fingerprint density at radius 2 is 1.87 bits per heavy atom. The van der Waals surface area contributed by atoms with E-state index in [1.807, 2.05) is 19.1 Å². The van der Waals surface area contributed by atoms with Gasteiger partial charge in [0, 0.05) is 17.7 Å². The molecule has 5 rings (SSSR count). The van der Waals surface area contributed by atoms with E-state index in [1.165, 1.54) is 11.0 Å². The van der Waals surface area contributed by atoms with Crippen molar-refractivity contribution in [2.24, 2.45) is 29.4 Å². The third-order valence-electron chi connectivity index (χ3n) is 8.45. The molecule has 1 aromatic heterocycles. The van der Waals surface area contributed by atoms with Crippen molar-refractivity contribution in [1.29, 1.82) is 0 Å². The number of likely N-dealkylation sites (N-methyl/N-ethyl adjacent to an activating group) is 1. The SMILES string of the molecule is CCc1ccnc(-c2ccc(O)c3c2C[C@H]2C[C@H]4[C@H](N(C)C)C(=O)C(C(N)=O)C(=O)[C@@]4(O)C(=O)C2C3=O)c1. The van der Waals surface area contributed by atoms with Crippen molar-refractivity contribution in [2.45, 2.75) is 37.8 Å². The van der Waals surface area contributed by atoms with Gasteiger partial charge in [0.05, 0.1) is 23.2 Å². The molecule has 0 bridgehead atoms. The number of carbonyl (C=O) groups excluding carboxylic acids is 5. The average Bonchev–Trinajstić information content (AvgIpc) is 2.86. The Morgan fingerprint density at radius 3 is 2.50 bits per heavy atom. The number of aliphatic hydroxyl groups is 1. The van der Waals surface area contributed by atoms with Crippen LogP contribution in [-0.4, -0.2) is 74.9 Å². The zero-order chi connectivity index (χ0) is 27.7. The lowest BCUT2D eigenvalue weighted by Gasteiger charge is -2.52. The van der Waals surface area contributed by atoms with Gasteiger partial charge in [-0.15, -0.1) is 0 Å². The van der Waals surface area contributed by atoms with Gasteiger partial charge in [-0.05, 0) is 74.7 Å². The summed E-state index contributed by atoms with van der Waals surface area (Å²) in [5.74, 6) is -10.6. The summed E-state index contributed by atoms with van der Waals surface area (Å²) < 4.78 is 0. The highest BCUT2D eigenvalue weighted by atomic mass is 16.3. The summed E-state index contributed by atoms with van der Waals surface area (Å²) in [6.07, 6.45) is 2.63. The standard InChI is InChI=1S/C28H29N3O7/c1-4-12-7-8-30-17(9-12)14-5-6-18(32)20-15(14)10-13-11-16-22(31(2)3)24(34)21(27(29)37)26(36)28(16,38)25(35)19(13)23(20)33/h5-9,13,16,19,21-22,32,38H,4,10-11H2,1-3H3,(H2,29,37)/t13-,16-,19?,21?,22-,28-/m0/s1. The van der Waals surface area contributed by atoms with E-state index in [4.69, 9.17) is 5.73 Å². The molecule has 1 heterocycles. The van der Waals surface area contributed by atoms with Gasteiger partial charge in [-0.1, -0.05) is 6.92 Å². The third kappa shape index (κ3) is 3.47. The maximum absolute atomic E-state index is 13.9. The number of ketones is 4. The number of phenolic OH excluding ortho intramolecular Hbond substituents is 1. The molecule has 198 valence electrons. The molecule has 38 heavy (non-hydrogen) atoms. The number of benzene rings is 1. The number of amides is 1. The van der Waals surface area contributed by atoms with Crippen LogP contribution >= 0.6 is 0 Å². The van der Waals surface area contributed by atoms with Gasteiger partial charge < -0.3 is 15.9 Å². The predicted octanol–water partition coefficient (Wildman–Crippen LogP) is 0.491. The van der Waals surface area contributed by atoms with Crippen molar-refractivity contribution in [3.05, 3.63) is 47.2 Å². The predicted molar refractivity (Wildman–Crippen MR) is 134 cm³/mol. The highest BCUT2D eigenvalue weighted by molar-refractivity contribution is 6.32. The number of nitrogens with zero attached hydrogens (tertiary/aromatic N) is 2. The van der Waals surface area contributed by atoms with E-state index >= 15 is 0 Å². The molecule has 3 aliphatic rings. The molecule has 10 nitrogen and oxygen atoms in total. The number of rotatable bonds is 4. The van der Waals surface area contributed by atoms with E-state index in [0.717, 1.165) is 12.0 Å². The molecule has 0 aliphatic heterocycles. The molecule has 3 aliphatic carbocycles. The van der Waals surface area contributed by atoms with Gasteiger partial charge in [0.1, 0.15) is 5.75 Å². The first-order valence-electron chi connectivity index (χ1n) is 12.6. The molecule has 4 N–H and O–H groups in total. The summed E-state index contributed by atoms with van der Waals surface area (Å²) in [4.78, 5) is 72.2. The van der Waals surface area contributed by atoms with Crippen LogP contribution in [0.25, 0.3) is 11.3 Å². The number of aromatic nitrogens is 1. The molecule has 10 heteroatoms. The van der Waals surface area contributed by atoms with Gasteiger partial charge in [-0.3, -0.25) is 33.9 Å². The van der Waals surface area contributed by atoms with Gasteiger partial charge in [-0.25, -0.2) is 0 Å². The minimum atomic E-state index is -2.74. The molecular weight excluding hydrogens is 490 g/mol. The van der Waals surface area contributed by atoms with E-state index in [2.05, 4.69) is 4.98 Å². The molecule has 1 aromatic carbocycles. The van der Waals surface area contributed by atoms with Gasteiger partial charge in [0.2, 0.25) is 5.91 Å². The number of nitrogens with two attached hydrogens (primary N) is 1. The second-order valence-corrected chi connectivity index (χ2v) is 10.7. The van der Waals surface area contributed by atoms with Crippen LogP contribution < -0.4 is 5.73 Å². The Bertz CT molecular complexity index is 1420. The van der Waals surface area contributed by atoms with Crippen LogP contribution in [0.5, 0.6) is 5.75 Å². The number of hydrogen-bond donors (Lipinski definition) is 3. The number of fused-ring (bicyclic) bond motifs is 3. The highest BCUT2D eigenvalue weighted by Crippen LogP contribution is 2.51. The molecule has 0 saturated heterocycles. The van der Waals surface area contributed by atoms with E-state index in [0.29, 0.717) is 16.8 Å². The van der Waals surface area contributed by atoms with Crippen LogP contribution in [0.1, 0.15) is 34.8 Å². The molecule has 0 radical (unpaired) electrons. The number of phenols is 1. The van der Waals surface area contributed by atoms with Crippen LogP contribution in [0.3, 0.4) is 0 Å². The van der Waals surface area contributed by atoms with Crippen LogP contribution in [0, 0.1) is 23.7 Å². The smallest absolute Gasteiger partial charge is 0.235 e. The van der Waals surface area contributed by atoms with E-state index in [1.54, 1.807) is 26.4 Å². The van der Waals surface area contributed by atoms with Gasteiger partial charge in [0.25, 0.3) is 0 Å². The number of hydrogen-bond acceptors (Lipinski definition) is 9. The molecule has 2 fully saturated rings. The number of carbonyl (C=O) groups is 5. The fourth-order valence-corrected chi connectivity index (χ4v) is 6.69. The minimum absolute atomic E-state index is 0.00141. The normalized spacial score (nSPS) is 30.6. The molecule has 0 spiro atoms. The summed E-state index contributed by atoms with van der Waals surface area (Å²) in [6, 6.07) is 5.70. The maximum atomic E-state index is 13.9. The summed E-state index contributed by atoms with van der Waals surface area (Å²) in [7, 11) is 3.11. The number of aromatic hydroxyl groups is 1. The van der Waals surface area contributed by atoms with E-state index < -0.39 is 64.4 Å². The Labute approximate surface area is 218 Å². The average molecular weight is 520 g/mol. The second kappa shape index (κ2) is 8.92. The van der Waals surface area contributed by atoms with Crippen molar-refractivity contribution in [3.8, 4) is 17.0 Å². The van der Waals surface area contributed by atoms with Crippen molar-refractivity contribution < 1.29 is 34.2 Å². The second-order valence-electron chi connectivity index (χ2n) is 10.7. The van der Waals surface area contributed by atoms with Gasteiger partial charge in [0.15, 0.2) is 34.7 Å². The topological polar surface area (TPSA) is 168 Å². The van der Waals surface area contributed by atoms with E-state index in [-0.39, 0.29) is 24.2 Å². The van der Waals surface area contributed by atoms with E-state index in [9.17, 15) is 34.2 Å². The first-order chi connectivity index (χ1) is 17.9. The van der Waals surface area contributed by atoms with Crippen molar-refractivity contribution in [1.82, 2.24) is 9.88 Å². The highest BCUT2D eigenvalue weighted by Gasteiger charge is 2.69. The minimum Gasteiger partial charge on any atom is -0.507 e. The lowest BCUT2D eigenvalue weighted by Crippen LogP contribution is -2.74. The largest absolute Gasteiger partial charge is 0.507 e. The molecule has 2 aromatic rings. The number of pyridine rings is 1. The summed E-state index contributed by atoms with van der Waals surface area (Å²) in [6.45, 7) is 2.00. The quantitative estimate of drug-likeness (QED) is 0.487. The Morgan fingerprint density at radius 1 is 1.16 bits per heavy atom. The number of primary amides is 1. The van der Waals surface area contributed by atoms with Gasteiger partial charge in [-0.2, -0.15) is 0 Å². The fourth-order valence-electron chi connectivity index (χ4n) is 6.69. The number of aryl methyl sites for hydroxylation is 1. The molecule has 1 amide bonds. The first kappa shape index (κ1) is 25.9. The molecule has 2 unspecified atom stereocenters. The third-order valence-corrected chi connectivity index (χ3v) is 8.45. The molecule has 2 saturated carbocycles. The van der Waals surface area contributed by atoms with Crippen LogP contribution in [0.2, 0.25) is 0 Å². The van der Waals surface area contributed by atoms with Crippen LogP contribution in [-0.2, 0) is 32.0 Å². The van der Waals surface area contributed by atoms with Crippen LogP contribution in [0.15, 0.2) is 30.5 Å². The zero-order valence-electron chi connectivity index (χ0n) is 21.3. The van der Waals surface area contributed by atoms with Crippen molar-refractivity contribution >= 4 is 29.0 Å². The summed E-state index contributed by atoms with van der Waals surface area (Å²) in [5, 5.41) is 22.3. The monoisotopic (exact) mass is 519 g/mol. The Hall–Kier alpha value is -3.76. The van der Waals surface area contributed by atoms with Gasteiger partial charge >= 0.3 is 0 Å². The fraction of sp³-hybridized carbons (Fsp3) is 0.429. The number of Topliss-reactive ketones (excluding diaryl/α,β-unsaturated/α-hetero) is 4. The maximum Gasteiger partial charge on any atom is 0.235 e. The lowest BCUT2D eigenvalue weighted by atomic mass is 9.52. The molecule has 6 atom stereocenters. The lowest BCUT2D eigenvalue weighted by molar-refractivity contribution is -0.181. The Kier molecular flexibility index (Phi) is 6.07. The van der Waals surface area contributed by atoms with Crippen molar-refractivity contribution in [3.63, 3.8) is 0 Å². The summed E-state index contributed by atoms with van der Waals surface area (Å²) in [5.41, 5.74) is 5.38. The van der Waals surface area contributed by atoms with Crippen LogP contribution in [0.4, 0.5) is 0 Å². The first-order valence-corrected chi connectivity index (χ1v) is 12.6. The zero-order valence-corrected chi connectivity index (χ0v) is 21.3. The Balaban J connectivity index is 1.66. The molecular formula is C28H29N3O7.